The first kappa shape index (κ1) is 11.2. The van der Waals surface area contributed by atoms with Crippen LogP contribution in [0.25, 0.3) is 0 Å². The molecule has 1 rings (SSSR count). The minimum atomic E-state index is 0.574. The lowest BCUT2D eigenvalue weighted by atomic mass is 10.2. The number of aryl methyl sites for hydroxylation is 1. The molecule has 0 aliphatic heterocycles. The maximum atomic E-state index is 5.24. The fourth-order valence-corrected chi connectivity index (χ4v) is 1.24. The molecule has 0 amide bonds. The zero-order valence-electron chi connectivity index (χ0n) is 9.07. The number of rotatable bonds is 7. The summed E-state index contributed by atoms with van der Waals surface area (Å²) in [5, 5.41) is 8.05. The van der Waals surface area contributed by atoms with Crippen LogP contribution in [0.2, 0.25) is 0 Å². The predicted octanol–water partition coefficient (Wildman–Crippen LogP) is 2.00. The Bertz CT molecular complexity index is 247. The third kappa shape index (κ3) is 3.87. The van der Waals surface area contributed by atoms with Gasteiger partial charge >= 0.3 is 0 Å². The molecule has 1 aromatic rings. The van der Waals surface area contributed by atoms with E-state index < -0.39 is 0 Å². The minimum Gasteiger partial charge on any atom is -0.375 e. The Labute approximate surface area is 85.3 Å². The van der Waals surface area contributed by atoms with Crippen molar-refractivity contribution in [1.29, 1.82) is 0 Å². The molecule has 1 aromatic heterocycles. The zero-order valence-corrected chi connectivity index (χ0v) is 9.07. The van der Waals surface area contributed by atoms with Gasteiger partial charge in [0, 0.05) is 13.2 Å². The van der Waals surface area contributed by atoms with E-state index in [1.54, 1.807) is 0 Å². The third-order valence-corrected chi connectivity index (χ3v) is 2.03. The maximum Gasteiger partial charge on any atom is 0.108 e. The molecule has 0 aliphatic carbocycles. The smallest absolute Gasteiger partial charge is 0.108 e. The largest absolute Gasteiger partial charge is 0.375 e. The molecule has 0 radical (unpaired) electrons. The minimum absolute atomic E-state index is 0.574. The van der Waals surface area contributed by atoms with Crippen molar-refractivity contribution in [1.82, 2.24) is 15.0 Å². The van der Waals surface area contributed by atoms with E-state index in [4.69, 9.17) is 4.74 Å². The van der Waals surface area contributed by atoms with Gasteiger partial charge in [-0.1, -0.05) is 25.0 Å². The number of ether oxygens (including phenoxy) is 1. The molecule has 0 spiro atoms. The summed E-state index contributed by atoms with van der Waals surface area (Å²) in [6.45, 7) is 6.44. The summed E-state index contributed by atoms with van der Waals surface area (Å²) < 4.78 is 7.14. The molecule has 0 unspecified atom stereocenters. The Kier molecular flexibility index (Phi) is 5.22. The highest BCUT2D eigenvalue weighted by molar-refractivity contribution is 4.89. The maximum absolute atomic E-state index is 5.24. The van der Waals surface area contributed by atoms with Crippen LogP contribution in [-0.2, 0) is 17.9 Å². The van der Waals surface area contributed by atoms with Gasteiger partial charge in [0.25, 0.3) is 0 Å². The van der Waals surface area contributed by atoms with Crippen molar-refractivity contribution in [3.8, 4) is 0 Å². The molecule has 80 valence electrons. The van der Waals surface area contributed by atoms with Gasteiger partial charge in [-0.15, -0.1) is 5.10 Å². The number of nitrogens with zero attached hydrogens (tertiary/aromatic N) is 3. The molecule has 14 heavy (non-hydrogen) atoms. The zero-order chi connectivity index (χ0) is 10.2. The van der Waals surface area contributed by atoms with Gasteiger partial charge in [0.05, 0.1) is 12.8 Å². The Morgan fingerprint density at radius 2 is 2.21 bits per heavy atom. The highest BCUT2D eigenvalue weighted by Gasteiger charge is 1.99. The second-order valence-corrected chi connectivity index (χ2v) is 3.32. The van der Waals surface area contributed by atoms with Gasteiger partial charge in [-0.25, -0.2) is 0 Å². The average Bonchev–Trinajstić information content (AvgIpc) is 2.63. The van der Waals surface area contributed by atoms with Crippen LogP contribution in [0.5, 0.6) is 0 Å². The molecule has 0 N–H and O–H groups in total. The molecule has 0 aromatic carbocycles. The van der Waals surface area contributed by atoms with Crippen LogP contribution in [-0.4, -0.2) is 21.6 Å². The Morgan fingerprint density at radius 1 is 1.36 bits per heavy atom. The lowest BCUT2D eigenvalue weighted by Crippen LogP contribution is -1.98. The van der Waals surface area contributed by atoms with Crippen molar-refractivity contribution in [3.63, 3.8) is 0 Å². The number of hydrogen-bond acceptors (Lipinski definition) is 3. The van der Waals surface area contributed by atoms with Gasteiger partial charge in [0.1, 0.15) is 5.69 Å². The summed E-state index contributed by atoms with van der Waals surface area (Å²) in [5.41, 5.74) is 0.920. The monoisotopic (exact) mass is 197 g/mol. The molecular formula is C10H19N3O. The number of unbranched alkanes of at least 4 members (excludes halogenated alkanes) is 2. The third-order valence-electron chi connectivity index (χ3n) is 2.03. The van der Waals surface area contributed by atoms with Crippen molar-refractivity contribution in [2.75, 3.05) is 6.61 Å². The molecule has 4 heteroatoms. The van der Waals surface area contributed by atoms with E-state index in [0.717, 1.165) is 18.8 Å². The van der Waals surface area contributed by atoms with Crippen LogP contribution in [0.15, 0.2) is 6.20 Å². The van der Waals surface area contributed by atoms with Crippen LogP contribution >= 0.6 is 0 Å². The van der Waals surface area contributed by atoms with Gasteiger partial charge in [0.2, 0.25) is 0 Å². The van der Waals surface area contributed by atoms with Crippen molar-refractivity contribution >= 4 is 0 Å². The summed E-state index contributed by atoms with van der Waals surface area (Å²) in [5.74, 6) is 0. The summed E-state index contributed by atoms with van der Waals surface area (Å²) in [6, 6.07) is 0. The van der Waals surface area contributed by atoms with Crippen LogP contribution < -0.4 is 0 Å². The summed E-state index contributed by atoms with van der Waals surface area (Å²) in [6.07, 6.45) is 5.63. The van der Waals surface area contributed by atoms with Crippen molar-refractivity contribution in [3.05, 3.63) is 11.9 Å². The van der Waals surface area contributed by atoms with Gasteiger partial charge < -0.3 is 4.74 Å². The summed E-state index contributed by atoms with van der Waals surface area (Å²) in [7, 11) is 0. The first-order valence-corrected chi connectivity index (χ1v) is 5.33. The van der Waals surface area contributed by atoms with E-state index in [2.05, 4.69) is 17.2 Å². The molecule has 0 bridgehead atoms. The quantitative estimate of drug-likeness (QED) is 0.628. The standard InChI is InChI=1S/C10H19N3O/c1-3-5-6-7-13-8-10(11-12-13)9-14-4-2/h8H,3-7,9H2,1-2H3. The number of aromatic nitrogens is 3. The fourth-order valence-electron chi connectivity index (χ4n) is 1.24. The van der Waals surface area contributed by atoms with E-state index in [1.165, 1.54) is 19.3 Å². The number of hydrogen-bond donors (Lipinski definition) is 0. The van der Waals surface area contributed by atoms with E-state index in [0.29, 0.717) is 6.61 Å². The molecule has 0 saturated heterocycles. The molecule has 0 aliphatic rings. The van der Waals surface area contributed by atoms with E-state index in [1.807, 2.05) is 17.8 Å². The van der Waals surface area contributed by atoms with Crippen LogP contribution in [0.4, 0.5) is 0 Å². The van der Waals surface area contributed by atoms with E-state index in [-0.39, 0.29) is 0 Å². The molecular weight excluding hydrogens is 178 g/mol. The van der Waals surface area contributed by atoms with Crippen molar-refractivity contribution < 1.29 is 4.74 Å². The van der Waals surface area contributed by atoms with Crippen LogP contribution in [0.1, 0.15) is 38.8 Å². The van der Waals surface area contributed by atoms with Crippen LogP contribution in [0, 0.1) is 0 Å². The van der Waals surface area contributed by atoms with Gasteiger partial charge in [0.15, 0.2) is 0 Å². The van der Waals surface area contributed by atoms with E-state index >= 15 is 0 Å². The highest BCUT2D eigenvalue weighted by Crippen LogP contribution is 2.00. The van der Waals surface area contributed by atoms with Crippen LogP contribution in [0.3, 0.4) is 0 Å². The predicted molar refractivity (Wildman–Crippen MR) is 54.9 cm³/mol. The molecule has 4 nitrogen and oxygen atoms in total. The van der Waals surface area contributed by atoms with Gasteiger partial charge in [-0.05, 0) is 13.3 Å². The van der Waals surface area contributed by atoms with Gasteiger partial charge in [-0.2, -0.15) is 0 Å². The molecule has 0 atom stereocenters. The second kappa shape index (κ2) is 6.54. The Morgan fingerprint density at radius 3 is 2.93 bits per heavy atom. The molecule has 0 saturated carbocycles. The second-order valence-electron chi connectivity index (χ2n) is 3.32. The normalized spacial score (nSPS) is 10.7. The lowest BCUT2D eigenvalue weighted by molar-refractivity contribution is 0.131. The first-order chi connectivity index (χ1) is 6.86. The van der Waals surface area contributed by atoms with Crippen molar-refractivity contribution in [2.24, 2.45) is 0 Å². The Balaban J connectivity index is 2.27. The van der Waals surface area contributed by atoms with Crippen molar-refractivity contribution in [2.45, 2.75) is 46.3 Å². The SMILES string of the molecule is CCCCCn1cc(COCC)nn1. The van der Waals surface area contributed by atoms with E-state index in [9.17, 15) is 0 Å². The Hall–Kier alpha value is -0.900. The molecule has 1 heterocycles. The lowest BCUT2D eigenvalue weighted by Gasteiger charge is -1.97. The average molecular weight is 197 g/mol. The highest BCUT2D eigenvalue weighted by atomic mass is 16.5. The summed E-state index contributed by atoms with van der Waals surface area (Å²) >= 11 is 0. The topological polar surface area (TPSA) is 39.9 Å². The molecule has 0 fully saturated rings. The summed E-state index contributed by atoms with van der Waals surface area (Å²) in [4.78, 5) is 0. The van der Waals surface area contributed by atoms with Gasteiger partial charge in [-0.3, -0.25) is 4.68 Å². The fraction of sp³-hybridized carbons (Fsp3) is 0.800. The first-order valence-electron chi connectivity index (χ1n) is 5.33.